The zero-order valence-electron chi connectivity index (χ0n) is 24.3. The third kappa shape index (κ3) is 8.85. The normalized spacial score (nSPS) is 11.9. The first kappa shape index (κ1) is 31.2. The molecule has 0 spiro atoms. The molecule has 0 saturated heterocycles. The van der Waals surface area contributed by atoms with E-state index in [2.05, 4.69) is 91.0 Å². The Morgan fingerprint density at radius 3 is 1.34 bits per heavy atom. The highest BCUT2D eigenvalue weighted by atomic mass is 32.2. The molecular weight excluding hydrogens is 543 g/mol. The van der Waals surface area contributed by atoms with E-state index in [1.807, 2.05) is 6.92 Å². The average molecular weight is 588 g/mol. The highest BCUT2D eigenvalue weighted by molar-refractivity contribution is 7.95. The predicted molar refractivity (Wildman–Crippen MR) is 176 cm³/mol. The highest BCUT2D eigenvalue weighted by Crippen LogP contribution is 2.56. The fraction of sp³-hybridized carbons (Fsp3) is 0.333. The van der Waals surface area contributed by atoms with Crippen molar-refractivity contribution in [1.82, 2.24) is 0 Å². The van der Waals surface area contributed by atoms with E-state index in [9.17, 15) is 8.42 Å². The van der Waals surface area contributed by atoms with Crippen LogP contribution in [0.15, 0.2) is 120 Å². The number of benzene rings is 4. The van der Waals surface area contributed by atoms with Gasteiger partial charge in [0.1, 0.15) is 23.2 Å². The molecule has 0 fully saturated rings. The first-order chi connectivity index (χ1) is 20.0. The Morgan fingerprint density at radius 1 is 0.512 bits per heavy atom. The van der Waals surface area contributed by atoms with Crippen LogP contribution in [0.5, 0.6) is 0 Å². The Bertz CT molecular complexity index is 1290. The second-order valence-corrected chi connectivity index (χ2v) is 16.0. The van der Waals surface area contributed by atoms with Crippen LogP contribution in [-0.4, -0.2) is 21.2 Å². The summed E-state index contributed by atoms with van der Waals surface area (Å²) in [6.07, 6.45) is 11.5. The summed E-state index contributed by atoms with van der Waals surface area (Å²) in [4.78, 5) is 0.235. The fourth-order valence-corrected chi connectivity index (χ4v) is 10.9. The van der Waals surface area contributed by atoms with Crippen LogP contribution in [0.2, 0.25) is 0 Å². The SMILES string of the molecule is Cc1ccc(S(=O)(=O)OCCCCCCCCCCC[P+](c2ccccc2)(c2ccccc2)c2ccccc2)cc1. The maximum Gasteiger partial charge on any atom is 0.296 e. The molecule has 0 saturated carbocycles. The molecular formula is C36H44O3PS+. The summed E-state index contributed by atoms with van der Waals surface area (Å²) in [5.41, 5.74) is 1.03. The second-order valence-electron chi connectivity index (χ2n) is 10.8. The lowest BCUT2D eigenvalue weighted by atomic mass is 10.1. The third-order valence-electron chi connectivity index (χ3n) is 7.78. The summed E-state index contributed by atoms with van der Waals surface area (Å²) in [6.45, 7) is 2.19. The van der Waals surface area contributed by atoms with Crippen LogP contribution in [0.4, 0.5) is 0 Å². The Hall–Kier alpha value is -2.78. The van der Waals surface area contributed by atoms with Crippen LogP contribution in [-0.2, 0) is 14.3 Å². The third-order valence-corrected chi connectivity index (χ3v) is 13.6. The Labute approximate surface area is 248 Å². The van der Waals surface area contributed by atoms with Gasteiger partial charge in [0.2, 0.25) is 0 Å². The summed E-state index contributed by atoms with van der Waals surface area (Å²) in [6, 6.07) is 40.3. The monoisotopic (exact) mass is 587 g/mol. The molecule has 0 radical (unpaired) electrons. The first-order valence-electron chi connectivity index (χ1n) is 15.0. The van der Waals surface area contributed by atoms with Crippen molar-refractivity contribution in [2.45, 2.75) is 69.6 Å². The first-order valence-corrected chi connectivity index (χ1v) is 18.4. The number of hydrogen-bond donors (Lipinski definition) is 0. The minimum atomic E-state index is -3.65. The standard InChI is InChI=1S/C36H44O3PS/c1-32-26-28-36(29-27-32)41(37,38)39-30-18-7-5-3-2-4-6-8-19-31-40(33-20-12-9-13-21-33,34-22-14-10-15-23-34)35-24-16-11-17-25-35/h9-17,20-29H,2-8,18-19,30-31H2,1H3/q+1. The van der Waals surface area contributed by atoms with Crippen molar-refractivity contribution in [1.29, 1.82) is 0 Å². The highest BCUT2D eigenvalue weighted by Gasteiger charge is 2.44. The number of aryl methyl sites for hydroxylation is 1. The van der Waals surface area contributed by atoms with Crippen LogP contribution in [0.1, 0.15) is 63.4 Å². The van der Waals surface area contributed by atoms with Crippen molar-refractivity contribution in [3.63, 3.8) is 0 Å². The molecule has 0 aliphatic heterocycles. The number of hydrogen-bond acceptors (Lipinski definition) is 3. The van der Waals surface area contributed by atoms with Gasteiger partial charge in [-0.25, -0.2) is 0 Å². The smallest absolute Gasteiger partial charge is 0.266 e. The van der Waals surface area contributed by atoms with E-state index in [-0.39, 0.29) is 11.5 Å². The van der Waals surface area contributed by atoms with Crippen LogP contribution in [0, 0.1) is 6.92 Å². The fourth-order valence-electron chi connectivity index (χ4n) is 5.51. The minimum Gasteiger partial charge on any atom is -0.266 e. The lowest BCUT2D eigenvalue weighted by molar-refractivity contribution is 0.306. The number of rotatable bonds is 17. The maximum absolute atomic E-state index is 12.3. The lowest BCUT2D eigenvalue weighted by Crippen LogP contribution is -2.33. The molecule has 216 valence electrons. The van der Waals surface area contributed by atoms with Gasteiger partial charge in [0.15, 0.2) is 0 Å². The average Bonchev–Trinajstić information content (AvgIpc) is 3.01. The molecule has 0 aliphatic carbocycles. The minimum absolute atomic E-state index is 0.235. The van der Waals surface area contributed by atoms with Crippen molar-refractivity contribution in [2.24, 2.45) is 0 Å². The van der Waals surface area contributed by atoms with Gasteiger partial charge in [0, 0.05) is 0 Å². The van der Waals surface area contributed by atoms with Gasteiger partial charge in [-0.1, -0.05) is 111 Å². The van der Waals surface area contributed by atoms with E-state index in [1.165, 1.54) is 60.6 Å². The van der Waals surface area contributed by atoms with E-state index < -0.39 is 17.4 Å². The molecule has 3 nitrogen and oxygen atoms in total. The molecule has 0 heterocycles. The van der Waals surface area contributed by atoms with Crippen LogP contribution >= 0.6 is 7.26 Å². The molecule has 4 aromatic rings. The van der Waals surface area contributed by atoms with E-state index in [4.69, 9.17) is 4.18 Å². The largest absolute Gasteiger partial charge is 0.296 e. The van der Waals surface area contributed by atoms with Gasteiger partial charge >= 0.3 is 0 Å². The van der Waals surface area contributed by atoms with Crippen molar-refractivity contribution in [2.75, 3.05) is 12.8 Å². The molecule has 0 atom stereocenters. The molecule has 0 aromatic heterocycles. The van der Waals surface area contributed by atoms with Gasteiger partial charge in [-0.2, -0.15) is 8.42 Å². The van der Waals surface area contributed by atoms with Gasteiger partial charge in [0.05, 0.1) is 17.7 Å². The summed E-state index contributed by atoms with van der Waals surface area (Å²) >= 11 is 0. The number of unbranched alkanes of at least 4 members (excludes halogenated alkanes) is 8. The summed E-state index contributed by atoms with van der Waals surface area (Å²) in [7, 11) is -5.37. The van der Waals surface area contributed by atoms with E-state index in [1.54, 1.807) is 24.3 Å². The summed E-state index contributed by atoms with van der Waals surface area (Å²) < 4.78 is 29.8. The van der Waals surface area contributed by atoms with Gasteiger partial charge in [-0.15, -0.1) is 0 Å². The van der Waals surface area contributed by atoms with Crippen molar-refractivity contribution < 1.29 is 12.6 Å². The van der Waals surface area contributed by atoms with Crippen molar-refractivity contribution in [3.8, 4) is 0 Å². The quantitative estimate of drug-likeness (QED) is 0.0710. The molecule has 0 unspecified atom stereocenters. The molecule has 5 heteroatoms. The van der Waals surface area contributed by atoms with Gasteiger partial charge in [0.25, 0.3) is 10.1 Å². The lowest BCUT2D eigenvalue weighted by Gasteiger charge is -2.27. The van der Waals surface area contributed by atoms with Crippen LogP contribution in [0.25, 0.3) is 0 Å². The van der Waals surface area contributed by atoms with Gasteiger partial charge in [-0.05, 0) is 74.7 Å². The maximum atomic E-state index is 12.3. The van der Waals surface area contributed by atoms with E-state index in [0.29, 0.717) is 0 Å². The topological polar surface area (TPSA) is 43.4 Å². The Kier molecular flexibility index (Phi) is 12.2. The van der Waals surface area contributed by atoms with Gasteiger partial charge < -0.3 is 0 Å². The second kappa shape index (κ2) is 16.0. The molecule has 0 amide bonds. The molecule has 4 aromatic carbocycles. The summed E-state index contributed by atoms with van der Waals surface area (Å²) in [5, 5.41) is 4.40. The molecule has 0 N–H and O–H groups in total. The van der Waals surface area contributed by atoms with E-state index in [0.717, 1.165) is 24.8 Å². The molecule has 0 aliphatic rings. The van der Waals surface area contributed by atoms with E-state index >= 15 is 0 Å². The predicted octanol–water partition coefficient (Wildman–Crippen LogP) is 8.21. The summed E-state index contributed by atoms with van der Waals surface area (Å²) in [5.74, 6) is 0. The van der Waals surface area contributed by atoms with Crippen molar-refractivity contribution >= 4 is 33.3 Å². The Morgan fingerprint density at radius 2 is 0.902 bits per heavy atom. The molecule has 4 rings (SSSR count). The zero-order valence-corrected chi connectivity index (χ0v) is 26.0. The Balaban J connectivity index is 1.19. The van der Waals surface area contributed by atoms with Crippen LogP contribution < -0.4 is 15.9 Å². The zero-order chi connectivity index (χ0) is 28.8. The molecule has 41 heavy (non-hydrogen) atoms. The molecule has 0 bridgehead atoms. The van der Waals surface area contributed by atoms with Crippen molar-refractivity contribution in [3.05, 3.63) is 121 Å². The van der Waals surface area contributed by atoms with Gasteiger partial charge in [-0.3, -0.25) is 4.18 Å². The van der Waals surface area contributed by atoms with Crippen LogP contribution in [0.3, 0.4) is 0 Å².